The summed E-state index contributed by atoms with van der Waals surface area (Å²) in [5.74, 6) is 0.251. The monoisotopic (exact) mass is 275 g/mol. The molecule has 0 aliphatic carbocycles. The van der Waals surface area contributed by atoms with Gasteiger partial charge in [-0.1, -0.05) is 0 Å². The summed E-state index contributed by atoms with van der Waals surface area (Å²) in [5, 5.41) is 0. The molecule has 1 spiro atoms. The van der Waals surface area contributed by atoms with Crippen LogP contribution in [0.3, 0.4) is 0 Å². The average molecular weight is 275 g/mol. The molecule has 2 fully saturated rings. The quantitative estimate of drug-likeness (QED) is 0.770. The summed E-state index contributed by atoms with van der Waals surface area (Å²) >= 11 is 0. The molecule has 0 unspecified atom stereocenters. The van der Waals surface area contributed by atoms with Crippen molar-refractivity contribution in [2.75, 3.05) is 26.7 Å². The lowest BCUT2D eigenvalue weighted by Crippen LogP contribution is -2.48. The van der Waals surface area contributed by atoms with Gasteiger partial charge in [0.05, 0.1) is 5.41 Å². The zero-order valence-corrected chi connectivity index (χ0v) is 12.1. The summed E-state index contributed by atoms with van der Waals surface area (Å²) in [6, 6.07) is 3.71. The van der Waals surface area contributed by atoms with Gasteiger partial charge in [0, 0.05) is 39.9 Å². The highest BCUT2D eigenvalue weighted by Gasteiger charge is 2.48. The number of carbonyl (C=O) groups is 2. The number of hydrogen-bond donors (Lipinski definition) is 0. The third-order valence-electron chi connectivity index (χ3n) is 4.75. The highest BCUT2D eigenvalue weighted by molar-refractivity contribution is 5.94. The first-order valence-corrected chi connectivity index (χ1v) is 7.20. The molecular weight excluding hydrogens is 254 g/mol. The zero-order chi connectivity index (χ0) is 14.3. The number of hydrogen-bond acceptors (Lipinski definition) is 2. The van der Waals surface area contributed by atoms with E-state index in [2.05, 4.69) is 0 Å². The predicted molar refractivity (Wildman–Crippen MR) is 75.2 cm³/mol. The molecule has 5 heteroatoms. The van der Waals surface area contributed by atoms with Gasteiger partial charge >= 0.3 is 0 Å². The summed E-state index contributed by atoms with van der Waals surface area (Å²) in [4.78, 5) is 28.6. The molecular formula is C15H21N3O2. The molecule has 0 N–H and O–H groups in total. The van der Waals surface area contributed by atoms with E-state index in [0.29, 0.717) is 18.8 Å². The number of carbonyl (C=O) groups excluding carboxylic acids is 2. The minimum Gasteiger partial charge on any atom is -0.347 e. The van der Waals surface area contributed by atoms with Gasteiger partial charge in [-0.3, -0.25) is 9.59 Å². The van der Waals surface area contributed by atoms with Crippen molar-refractivity contribution in [3.63, 3.8) is 0 Å². The molecule has 2 saturated heterocycles. The molecule has 3 heterocycles. The van der Waals surface area contributed by atoms with Gasteiger partial charge in [-0.15, -0.1) is 0 Å². The van der Waals surface area contributed by atoms with E-state index in [-0.39, 0.29) is 17.2 Å². The molecule has 0 aromatic carbocycles. The van der Waals surface area contributed by atoms with Crippen LogP contribution in [0.4, 0.5) is 0 Å². The Bertz CT molecular complexity index is 551. The Balaban J connectivity index is 1.78. The number of piperidine rings is 1. The first-order chi connectivity index (χ1) is 9.53. The van der Waals surface area contributed by atoms with E-state index in [1.54, 1.807) is 0 Å². The molecule has 2 amide bonds. The number of aryl methyl sites for hydroxylation is 1. The second-order valence-electron chi connectivity index (χ2n) is 6.09. The summed E-state index contributed by atoms with van der Waals surface area (Å²) < 4.78 is 1.84. The summed E-state index contributed by atoms with van der Waals surface area (Å²) in [5.41, 5.74) is 0.368. The maximum absolute atomic E-state index is 12.5. The minimum atomic E-state index is -0.326. The first kappa shape index (κ1) is 13.2. The molecule has 1 atom stereocenters. The Morgan fingerprint density at radius 2 is 2.05 bits per heavy atom. The Labute approximate surface area is 119 Å². The molecule has 0 radical (unpaired) electrons. The highest BCUT2D eigenvalue weighted by atomic mass is 16.2. The van der Waals surface area contributed by atoms with E-state index in [4.69, 9.17) is 0 Å². The molecule has 5 nitrogen and oxygen atoms in total. The summed E-state index contributed by atoms with van der Waals surface area (Å²) in [6.07, 6.45) is 4.62. The SMILES string of the molecule is CN1CCC[C@@]2(CCN(C(=O)c3cccn3C)C2)C1=O. The van der Waals surface area contributed by atoms with Gasteiger partial charge in [-0.05, 0) is 31.4 Å². The Morgan fingerprint density at radius 3 is 2.75 bits per heavy atom. The normalized spacial score (nSPS) is 26.6. The van der Waals surface area contributed by atoms with Crippen LogP contribution in [0, 0.1) is 5.41 Å². The van der Waals surface area contributed by atoms with Crippen molar-refractivity contribution in [1.82, 2.24) is 14.4 Å². The minimum absolute atomic E-state index is 0.0374. The number of nitrogens with zero attached hydrogens (tertiary/aromatic N) is 3. The fraction of sp³-hybridized carbons (Fsp3) is 0.600. The number of rotatable bonds is 1. The van der Waals surface area contributed by atoms with E-state index in [1.807, 2.05) is 46.8 Å². The molecule has 1 aromatic rings. The second-order valence-corrected chi connectivity index (χ2v) is 6.09. The van der Waals surface area contributed by atoms with Crippen LogP contribution in [-0.4, -0.2) is 52.9 Å². The topological polar surface area (TPSA) is 45.5 Å². The van der Waals surface area contributed by atoms with Crippen LogP contribution in [0.25, 0.3) is 0 Å². The second kappa shape index (κ2) is 4.65. The van der Waals surface area contributed by atoms with Crippen LogP contribution in [0.2, 0.25) is 0 Å². The first-order valence-electron chi connectivity index (χ1n) is 7.20. The van der Waals surface area contributed by atoms with Gasteiger partial charge in [0.25, 0.3) is 5.91 Å². The van der Waals surface area contributed by atoms with E-state index >= 15 is 0 Å². The lowest BCUT2D eigenvalue weighted by molar-refractivity contribution is -0.143. The van der Waals surface area contributed by atoms with Crippen molar-refractivity contribution >= 4 is 11.8 Å². The van der Waals surface area contributed by atoms with Crippen LogP contribution in [0.15, 0.2) is 18.3 Å². The van der Waals surface area contributed by atoms with Crippen molar-refractivity contribution < 1.29 is 9.59 Å². The Kier molecular flexibility index (Phi) is 3.07. The summed E-state index contributed by atoms with van der Waals surface area (Å²) in [6.45, 7) is 2.09. The van der Waals surface area contributed by atoms with Crippen molar-refractivity contribution in [2.24, 2.45) is 12.5 Å². The smallest absolute Gasteiger partial charge is 0.270 e. The van der Waals surface area contributed by atoms with Crippen molar-refractivity contribution in [3.05, 3.63) is 24.0 Å². The van der Waals surface area contributed by atoms with Gasteiger partial charge in [0.15, 0.2) is 0 Å². The van der Waals surface area contributed by atoms with Gasteiger partial charge in [-0.2, -0.15) is 0 Å². The lowest BCUT2D eigenvalue weighted by Gasteiger charge is -2.37. The van der Waals surface area contributed by atoms with Crippen molar-refractivity contribution in [1.29, 1.82) is 0 Å². The van der Waals surface area contributed by atoms with Gasteiger partial charge in [-0.25, -0.2) is 0 Å². The van der Waals surface area contributed by atoms with Crippen LogP contribution < -0.4 is 0 Å². The van der Waals surface area contributed by atoms with Crippen LogP contribution in [0.1, 0.15) is 29.8 Å². The lowest BCUT2D eigenvalue weighted by atomic mass is 9.78. The maximum atomic E-state index is 12.5. The maximum Gasteiger partial charge on any atom is 0.270 e. The van der Waals surface area contributed by atoms with Gasteiger partial charge < -0.3 is 14.4 Å². The van der Waals surface area contributed by atoms with Crippen molar-refractivity contribution in [3.8, 4) is 0 Å². The molecule has 0 bridgehead atoms. The van der Waals surface area contributed by atoms with E-state index < -0.39 is 0 Å². The van der Waals surface area contributed by atoms with E-state index in [1.165, 1.54) is 0 Å². The van der Waals surface area contributed by atoms with Gasteiger partial charge in [0.2, 0.25) is 5.91 Å². The van der Waals surface area contributed by atoms with Crippen LogP contribution >= 0.6 is 0 Å². The largest absolute Gasteiger partial charge is 0.347 e. The fourth-order valence-electron chi connectivity index (χ4n) is 3.54. The molecule has 2 aliphatic heterocycles. The standard InChI is InChI=1S/C15H21N3O2/c1-16-8-3-5-12(16)13(19)18-10-7-15(11-18)6-4-9-17(2)14(15)20/h3,5,8H,4,6-7,9-11H2,1-2H3/t15-/m0/s1. The average Bonchev–Trinajstić information content (AvgIpc) is 3.03. The fourth-order valence-corrected chi connectivity index (χ4v) is 3.54. The molecule has 1 aromatic heterocycles. The molecule has 3 rings (SSSR count). The number of aromatic nitrogens is 1. The third kappa shape index (κ3) is 1.92. The molecule has 20 heavy (non-hydrogen) atoms. The highest BCUT2D eigenvalue weighted by Crippen LogP contribution is 2.40. The molecule has 2 aliphatic rings. The molecule has 108 valence electrons. The van der Waals surface area contributed by atoms with Crippen molar-refractivity contribution in [2.45, 2.75) is 19.3 Å². The predicted octanol–water partition coefficient (Wildman–Crippen LogP) is 1.11. The van der Waals surface area contributed by atoms with Crippen LogP contribution in [0.5, 0.6) is 0 Å². The third-order valence-corrected chi connectivity index (χ3v) is 4.75. The number of likely N-dealkylation sites (tertiary alicyclic amines) is 2. The summed E-state index contributed by atoms with van der Waals surface area (Å²) in [7, 11) is 3.74. The molecule has 0 saturated carbocycles. The van der Waals surface area contributed by atoms with Crippen LogP contribution in [-0.2, 0) is 11.8 Å². The van der Waals surface area contributed by atoms with E-state index in [0.717, 1.165) is 25.8 Å². The zero-order valence-electron chi connectivity index (χ0n) is 12.1. The van der Waals surface area contributed by atoms with E-state index in [9.17, 15) is 9.59 Å². The van der Waals surface area contributed by atoms with Gasteiger partial charge in [0.1, 0.15) is 5.69 Å². The Morgan fingerprint density at radius 1 is 1.25 bits per heavy atom. The number of amides is 2. The Hall–Kier alpha value is -1.78.